The van der Waals surface area contributed by atoms with E-state index in [4.69, 9.17) is 0 Å². The van der Waals surface area contributed by atoms with Crippen molar-refractivity contribution in [3.05, 3.63) is 59.7 Å². The molecule has 0 N–H and O–H groups in total. The van der Waals surface area contributed by atoms with Crippen LogP contribution in [-0.2, 0) is 22.3 Å². The second-order valence-electron chi connectivity index (χ2n) is 7.76. The fraction of sp³-hybridized carbons (Fsp3) is 0.364. The third-order valence-corrected chi connectivity index (χ3v) is 5.74. The van der Waals surface area contributed by atoms with Crippen molar-refractivity contribution in [3.63, 3.8) is 0 Å². The van der Waals surface area contributed by atoms with Gasteiger partial charge in [-0.05, 0) is 29.8 Å². The minimum absolute atomic E-state index is 0.00304. The molecule has 5 nitrogen and oxygen atoms in total. The fourth-order valence-corrected chi connectivity index (χ4v) is 4.11. The van der Waals surface area contributed by atoms with Gasteiger partial charge in [-0.3, -0.25) is 9.59 Å². The smallest absolute Gasteiger partial charge is 0.373 e. The highest BCUT2D eigenvalue weighted by molar-refractivity contribution is 6.00. The molecular weight excluding hydrogens is 395 g/mol. The summed E-state index contributed by atoms with van der Waals surface area (Å²) in [5, 5.41) is 0. The van der Waals surface area contributed by atoms with Gasteiger partial charge in [0.2, 0.25) is 11.8 Å². The predicted octanol–water partition coefficient (Wildman–Crippen LogP) is 3.54. The summed E-state index contributed by atoms with van der Waals surface area (Å²) in [6.45, 7) is 1.74. The summed E-state index contributed by atoms with van der Waals surface area (Å²) in [5.74, 6) is -1.04. The van der Waals surface area contributed by atoms with E-state index in [0.717, 1.165) is 23.4 Å². The van der Waals surface area contributed by atoms with Gasteiger partial charge in [0.15, 0.2) is 0 Å². The fourth-order valence-electron chi connectivity index (χ4n) is 4.11. The molecule has 2 aromatic rings. The molecular formula is C22H22F3N3O2. The zero-order chi connectivity index (χ0) is 21.5. The van der Waals surface area contributed by atoms with Crippen molar-refractivity contribution < 1.29 is 22.8 Å². The van der Waals surface area contributed by atoms with Crippen LogP contribution in [0.15, 0.2) is 48.5 Å². The second-order valence-corrected chi connectivity index (χ2v) is 7.76. The van der Waals surface area contributed by atoms with Crippen LogP contribution in [-0.4, -0.2) is 43.4 Å². The van der Waals surface area contributed by atoms with E-state index in [1.807, 2.05) is 31.3 Å². The number of carbonyl (C=O) groups excluding carboxylic acids is 2. The van der Waals surface area contributed by atoms with Gasteiger partial charge in [0.25, 0.3) is 0 Å². The number of carbonyl (C=O) groups is 2. The number of amides is 2. The largest absolute Gasteiger partial charge is 0.416 e. The lowest BCUT2D eigenvalue weighted by Crippen LogP contribution is -2.39. The Morgan fingerprint density at radius 3 is 2.60 bits per heavy atom. The molecule has 158 valence electrons. The average Bonchev–Trinajstić information content (AvgIpc) is 3.03. The number of hydrogen-bond donors (Lipinski definition) is 0. The number of halogens is 3. The van der Waals surface area contributed by atoms with Crippen molar-refractivity contribution in [2.45, 2.75) is 19.1 Å². The van der Waals surface area contributed by atoms with Crippen LogP contribution >= 0.6 is 0 Å². The van der Waals surface area contributed by atoms with Crippen LogP contribution in [0.1, 0.15) is 17.5 Å². The lowest BCUT2D eigenvalue weighted by atomic mass is 10.1. The van der Waals surface area contributed by atoms with Crippen molar-refractivity contribution in [1.82, 2.24) is 4.90 Å². The standard InChI is InChI=1S/C22H22F3N3O2/c1-26-9-10-27(13-15-5-2-3-8-19(15)26)21(30)16-11-20(29)28(14-16)18-7-4-6-17(12-18)22(23,24)25/h2-8,12,16H,9-11,13-14H2,1H3. The zero-order valence-corrected chi connectivity index (χ0v) is 16.5. The van der Waals surface area contributed by atoms with Crippen molar-refractivity contribution in [2.24, 2.45) is 5.92 Å². The Morgan fingerprint density at radius 2 is 1.83 bits per heavy atom. The van der Waals surface area contributed by atoms with Gasteiger partial charge in [-0.1, -0.05) is 24.3 Å². The first-order valence-electron chi connectivity index (χ1n) is 9.79. The molecule has 2 aromatic carbocycles. The highest BCUT2D eigenvalue weighted by atomic mass is 19.4. The first-order chi connectivity index (χ1) is 14.2. The van der Waals surface area contributed by atoms with Crippen LogP contribution in [0.2, 0.25) is 0 Å². The predicted molar refractivity (Wildman–Crippen MR) is 107 cm³/mol. The Labute approximate surface area is 172 Å². The highest BCUT2D eigenvalue weighted by Gasteiger charge is 2.39. The maximum absolute atomic E-state index is 13.2. The van der Waals surface area contributed by atoms with Crippen LogP contribution in [0, 0.1) is 5.92 Å². The Bertz CT molecular complexity index is 976. The zero-order valence-electron chi connectivity index (χ0n) is 16.5. The Morgan fingerprint density at radius 1 is 1.07 bits per heavy atom. The van der Waals surface area contributed by atoms with Crippen LogP contribution in [0.5, 0.6) is 0 Å². The van der Waals surface area contributed by atoms with Gasteiger partial charge in [0, 0.05) is 51.0 Å². The number of nitrogens with zero attached hydrogens (tertiary/aromatic N) is 3. The van der Waals surface area contributed by atoms with Crippen LogP contribution in [0.3, 0.4) is 0 Å². The summed E-state index contributed by atoms with van der Waals surface area (Å²) < 4.78 is 39.1. The number of benzene rings is 2. The molecule has 2 heterocycles. The number of fused-ring (bicyclic) bond motifs is 1. The molecule has 8 heteroatoms. The van der Waals surface area contributed by atoms with Crippen LogP contribution in [0.4, 0.5) is 24.5 Å². The van der Waals surface area contributed by atoms with E-state index in [2.05, 4.69) is 4.90 Å². The van der Waals surface area contributed by atoms with Gasteiger partial charge in [-0.15, -0.1) is 0 Å². The number of alkyl halides is 3. The van der Waals surface area contributed by atoms with E-state index in [1.54, 1.807) is 4.90 Å². The van der Waals surface area contributed by atoms with Crippen LogP contribution < -0.4 is 9.80 Å². The van der Waals surface area contributed by atoms with E-state index < -0.39 is 17.7 Å². The van der Waals surface area contributed by atoms with Gasteiger partial charge in [0.05, 0.1) is 11.5 Å². The molecule has 0 aliphatic carbocycles. The first-order valence-corrected chi connectivity index (χ1v) is 9.79. The van der Waals surface area contributed by atoms with E-state index in [9.17, 15) is 22.8 Å². The molecule has 1 saturated heterocycles. The third kappa shape index (κ3) is 3.86. The summed E-state index contributed by atoms with van der Waals surface area (Å²) in [7, 11) is 1.97. The van der Waals surface area contributed by atoms with Crippen molar-refractivity contribution >= 4 is 23.2 Å². The number of anilines is 2. The van der Waals surface area contributed by atoms with E-state index in [0.29, 0.717) is 19.6 Å². The minimum Gasteiger partial charge on any atom is -0.373 e. The number of para-hydroxylation sites is 1. The van der Waals surface area contributed by atoms with E-state index >= 15 is 0 Å². The molecule has 0 bridgehead atoms. The third-order valence-electron chi connectivity index (χ3n) is 5.74. The second kappa shape index (κ2) is 7.66. The molecule has 2 aliphatic heterocycles. The Balaban J connectivity index is 1.51. The highest BCUT2D eigenvalue weighted by Crippen LogP contribution is 2.34. The first kappa shape index (κ1) is 20.3. The van der Waals surface area contributed by atoms with E-state index in [-0.39, 0.29) is 30.5 Å². The summed E-state index contributed by atoms with van der Waals surface area (Å²) in [4.78, 5) is 30.8. The molecule has 0 aromatic heterocycles. The van der Waals surface area contributed by atoms with Gasteiger partial charge in [-0.25, -0.2) is 0 Å². The molecule has 4 rings (SSSR count). The molecule has 30 heavy (non-hydrogen) atoms. The van der Waals surface area contributed by atoms with Crippen molar-refractivity contribution in [2.75, 3.05) is 36.5 Å². The Kier molecular flexibility index (Phi) is 5.17. The minimum atomic E-state index is -4.49. The van der Waals surface area contributed by atoms with Crippen molar-refractivity contribution in [1.29, 1.82) is 0 Å². The topological polar surface area (TPSA) is 43.9 Å². The monoisotopic (exact) mass is 417 g/mol. The SMILES string of the molecule is CN1CCN(C(=O)C2CC(=O)N(c3cccc(C(F)(F)F)c3)C2)Cc2ccccc21. The normalized spacial score (nSPS) is 19.7. The molecule has 2 amide bonds. The summed E-state index contributed by atoms with van der Waals surface area (Å²) in [5.41, 5.74) is 1.46. The number of rotatable bonds is 2. The summed E-state index contributed by atoms with van der Waals surface area (Å²) in [6, 6.07) is 12.5. The number of likely N-dealkylation sites (N-methyl/N-ethyl adjacent to an activating group) is 1. The van der Waals surface area contributed by atoms with Crippen molar-refractivity contribution in [3.8, 4) is 0 Å². The maximum atomic E-state index is 13.2. The molecule has 0 spiro atoms. The van der Waals surface area contributed by atoms with Gasteiger partial charge in [0.1, 0.15) is 0 Å². The van der Waals surface area contributed by atoms with Crippen LogP contribution in [0.25, 0.3) is 0 Å². The maximum Gasteiger partial charge on any atom is 0.416 e. The quantitative estimate of drug-likeness (QED) is 0.751. The molecule has 0 saturated carbocycles. The molecule has 1 atom stereocenters. The molecule has 2 aliphatic rings. The lowest BCUT2D eigenvalue weighted by molar-refractivity contribution is -0.137. The lowest BCUT2D eigenvalue weighted by Gasteiger charge is -2.24. The van der Waals surface area contributed by atoms with Gasteiger partial charge >= 0.3 is 6.18 Å². The Hall–Kier alpha value is -3.03. The number of hydrogen-bond acceptors (Lipinski definition) is 3. The molecule has 1 unspecified atom stereocenters. The molecule has 0 radical (unpaired) electrons. The van der Waals surface area contributed by atoms with E-state index in [1.165, 1.54) is 17.0 Å². The van der Waals surface area contributed by atoms with Gasteiger partial charge in [-0.2, -0.15) is 13.2 Å². The van der Waals surface area contributed by atoms with Gasteiger partial charge < -0.3 is 14.7 Å². The molecule has 1 fully saturated rings. The summed E-state index contributed by atoms with van der Waals surface area (Å²) >= 11 is 0. The summed E-state index contributed by atoms with van der Waals surface area (Å²) in [6.07, 6.45) is -4.48. The average molecular weight is 417 g/mol.